The molecule has 0 atom stereocenters. The van der Waals surface area contributed by atoms with Crippen LogP contribution in [0.3, 0.4) is 0 Å². The van der Waals surface area contributed by atoms with E-state index >= 15 is 0 Å². The molecule has 0 spiro atoms. The van der Waals surface area contributed by atoms with Gasteiger partial charge in [-0.15, -0.1) is 0 Å². The van der Waals surface area contributed by atoms with Crippen LogP contribution in [0.4, 0.5) is 0 Å². The molecular weight excluding hydrogens is 192 g/mol. The molecule has 2 aromatic rings. The summed E-state index contributed by atoms with van der Waals surface area (Å²) < 4.78 is 0. The molecule has 1 radical (unpaired) electrons. The Morgan fingerprint density at radius 2 is 1.50 bits per heavy atom. The van der Waals surface area contributed by atoms with E-state index in [-0.39, 0.29) is 0 Å². The molecule has 0 unspecified atom stereocenters. The molecule has 0 heterocycles. The highest BCUT2D eigenvalue weighted by atomic mass is 14.1. The van der Waals surface area contributed by atoms with Gasteiger partial charge in [0.25, 0.3) is 0 Å². The van der Waals surface area contributed by atoms with Crippen LogP contribution in [-0.2, 0) is 0 Å². The summed E-state index contributed by atoms with van der Waals surface area (Å²) in [4.78, 5) is 0. The lowest BCUT2D eigenvalue weighted by molar-refractivity contribution is 1.32. The monoisotopic (exact) mass is 209 g/mol. The first kappa shape index (κ1) is 10.9. The third kappa shape index (κ3) is 2.01. The van der Waals surface area contributed by atoms with Gasteiger partial charge in [0.15, 0.2) is 0 Å². The molecule has 0 nitrogen and oxygen atoms in total. The zero-order valence-corrected chi connectivity index (χ0v) is 10.4. The molecule has 0 saturated carbocycles. The number of hydrogen-bond acceptors (Lipinski definition) is 0. The van der Waals surface area contributed by atoms with E-state index in [2.05, 4.69) is 58.0 Å². The fraction of sp³-hybridized carbons (Fsp3) is 0.250. The van der Waals surface area contributed by atoms with Gasteiger partial charge in [-0.05, 0) is 56.0 Å². The van der Waals surface area contributed by atoms with Crippen molar-refractivity contribution in [3.63, 3.8) is 0 Å². The van der Waals surface area contributed by atoms with Gasteiger partial charge in [0.2, 0.25) is 0 Å². The molecule has 0 N–H and O–H groups in total. The molecule has 2 aromatic carbocycles. The Bertz CT molecular complexity index is 501. The molecule has 0 saturated heterocycles. The van der Waals surface area contributed by atoms with Crippen molar-refractivity contribution in [2.75, 3.05) is 0 Å². The molecule has 0 heteroatoms. The Morgan fingerprint density at radius 1 is 0.875 bits per heavy atom. The minimum Gasteiger partial charge on any atom is -0.0584 e. The highest BCUT2D eigenvalue weighted by Crippen LogP contribution is 2.26. The van der Waals surface area contributed by atoms with Gasteiger partial charge in [-0.1, -0.05) is 41.5 Å². The maximum Gasteiger partial charge on any atom is -0.00731 e. The van der Waals surface area contributed by atoms with Gasteiger partial charge in [0, 0.05) is 0 Å². The van der Waals surface area contributed by atoms with Gasteiger partial charge in [0.1, 0.15) is 0 Å². The molecule has 0 aromatic heterocycles. The summed E-state index contributed by atoms with van der Waals surface area (Å²) in [6, 6.07) is 14.1. The molecule has 0 fully saturated rings. The van der Waals surface area contributed by atoms with Crippen molar-refractivity contribution in [3.8, 4) is 11.1 Å². The van der Waals surface area contributed by atoms with Crippen molar-refractivity contribution in [1.82, 2.24) is 0 Å². The average Bonchev–Trinajstić information content (AvgIpc) is 2.20. The molecule has 0 amide bonds. The zero-order chi connectivity index (χ0) is 11.7. The molecule has 81 valence electrons. The summed E-state index contributed by atoms with van der Waals surface area (Å²) in [7, 11) is 0. The van der Waals surface area contributed by atoms with E-state index in [1.165, 1.54) is 33.4 Å². The normalized spacial score (nSPS) is 10.5. The second-order valence-corrected chi connectivity index (χ2v) is 4.54. The van der Waals surface area contributed by atoms with Gasteiger partial charge in [-0.3, -0.25) is 0 Å². The van der Waals surface area contributed by atoms with E-state index in [4.69, 9.17) is 0 Å². The number of aryl methyl sites for hydroxylation is 3. The van der Waals surface area contributed by atoms with Crippen LogP contribution >= 0.6 is 0 Å². The van der Waals surface area contributed by atoms with Crippen molar-refractivity contribution in [3.05, 3.63) is 58.7 Å². The van der Waals surface area contributed by atoms with Crippen LogP contribution in [0.15, 0.2) is 30.3 Å². The average molecular weight is 209 g/mol. The van der Waals surface area contributed by atoms with E-state index < -0.39 is 0 Å². The molecule has 0 aliphatic rings. The molecule has 0 bridgehead atoms. The van der Waals surface area contributed by atoms with Crippen LogP contribution in [-0.4, -0.2) is 0 Å². The minimum absolute atomic E-state index is 1.23. The first-order valence-corrected chi connectivity index (χ1v) is 5.64. The molecule has 0 aliphatic carbocycles. The van der Waals surface area contributed by atoms with Gasteiger partial charge in [-0.25, -0.2) is 0 Å². The van der Waals surface area contributed by atoms with Gasteiger partial charge in [-0.2, -0.15) is 0 Å². The summed E-state index contributed by atoms with van der Waals surface area (Å²) in [6.07, 6.45) is 0. The Kier molecular flexibility index (Phi) is 2.82. The second-order valence-electron chi connectivity index (χ2n) is 4.54. The van der Waals surface area contributed by atoms with Crippen molar-refractivity contribution in [2.24, 2.45) is 0 Å². The fourth-order valence-corrected chi connectivity index (χ4v) is 2.10. The molecule has 16 heavy (non-hydrogen) atoms. The predicted octanol–water partition coefficient (Wildman–Crippen LogP) is 4.39. The van der Waals surface area contributed by atoms with Crippen LogP contribution in [0.1, 0.15) is 22.3 Å². The van der Waals surface area contributed by atoms with Crippen LogP contribution < -0.4 is 0 Å². The van der Waals surface area contributed by atoms with Crippen molar-refractivity contribution >= 4 is 0 Å². The quantitative estimate of drug-likeness (QED) is 0.653. The highest BCUT2D eigenvalue weighted by Gasteiger charge is 2.04. The maximum atomic E-state index is 3.35. The van der Waals surface area contributed by atoms with Crippen LogP contribution in [0.2, 0.25) is 0 Å². The lowest BCUT2D eigenvalue weighted by Gasteiger charge is -2.10. The molecule has 0 aliphatic heterocycles. The summed E-state index contributed by atoms with van der Waals surface area (Å²) in [5, 5.41) is 0. The summed E-state index contributed by atoms with van der Waals surface area (Å²) in [6.45, 7) is 8.59. The third-order valence-electron chi connectivity index (χ3n) is 3.04. The Hall–Kier alpha value is -1.56. The number of hydrogen-bond donors (Lipinski definition) is 0. The first-order chi connectivity index (χ1) is 7.58. The number of rotatable bonds is 1. The lowest BCUT2D eigenvalue weighted by atomic mass is 9.95. The van der Waals surface area contributed by atoms with Crippen molar-refractivity contribution in [2.45, 2.75) is 27.7 Å². The topological polar surface area (TPSA) is 0 Å². The predicted molar refractivity (Wildman–Crippen MR) is 69.7 cm³/mol. The van der Waals surface area contributed by atoms with E-state index in [1.54, 1.807) is 0 Å². The standard InChI is InChI=1S/C16H17/c1-11-8-12(2)10-15(9-11)16-7-5-6-13(3)14(16)4/h5-6,8-10H,1-4H3. The summed E-state index contributed by atoms with van der Waals surface area (Å²) in [5.74, 6) is 0. The first-order valence-electron chi connectivity index (χ1n) is 5.64. The SMILES string of the molecule is Cc1cc(C)cc(-c2[c]ccc(C)c2C)c1. The van der Waals surface area contributed by atoms with Crippen LogP contribution in [0, 0.1) is 33.8 Å². The largest absolute Gasteiger partial charge is 0.0584 e. The second kappa shape index (κ2) is 4.13. The van der Waals surface area contributed by atoms with E-state index in [9.17, 15) is 0 Å². The van der Waals surface area contributed by atoms with Gasteiger partial charge >= 0.3 is 0 Å². The van der Waals surface area contributed by atoms with Crippen LogP contribution in [0.25, 0.3) is 11.1 Å². The number of benzene rings is 2. The Balaban J connectivity index is 2.63. The summed E-state index contributed by atoms with van der Waals surface area (Å²) >= 11 is 0. The fourth-order valence-electron chi connectivity index (χ4n) is 2.10. The van der Waals surface area contributed by atoms with Crippen molar-refractivity contribution in [1.29, 1.82) is 0 Å². The van der Waals surface area contributed by atoms with Crippen molar-refractivity contribution < 1.29 is 0 Å². The lowest BCUT2D eigenvalue weighted by Crippen LogP contribution is -1.89. The highest BCUT2D eigenvalue weighted by molar-refractivity contribution is 5.69. The van der Waals surface area contributed by atoms with Gasteiger partial charge < -0.3 is 0 Å². The zero-order valence-electron chi connectivity index (χ0n) is 10.4. The van der Waals surface area contributed by atoms with Crippen LogP contribution in [0.5, 0.6) is 0 Å². The van der Waals surface area contributed by atoms with E-state index in [1.807, 2.05) is 6.07 Å². The smallest absolute Gasteiger partial charge is 0.00731 e. The van der Waals surface area contributed by atoms with E-state index in [0.717, 1.165) is 0 Å². The molecular formula is C16H17. The van der Waals surface area contributed by atoms with Gasteiger partial charge in [0.05, 0.1) is 0 Å². The third-order valence-corrected chi connectivity index (χ3v) is 3.04. The Labute approximate surface area is 97.9 Å². The summed E-state index contributed by atoms with van der Waals surface area (Å²) in [5.41, 5.74) is 7.78. The maximum absolute atomic E-state index is 3.35. The molecule has 2 rings (SSSR count). The minimum atomic E-state index is 1.23. The van der Waals surface area contributed by atoms with E-state index in [0.29, 0.717) is 0 Å². The Morgan fingerprint density at radius 3 is 2.12 bits per heavy atom.